The van der Waals surface area contributed by atoms with Crippen molar-refractivity contribution in [3.05, 3.63) is 82.9 Å². The van der Waals surface area contributed by atoms with Gasteiger partial charge in [0.25, 0.3) is 5.69 Å². The highest BCUT2D eigenvalue weighted by molar-refractivity contribution is 5.97. The Kier molecular flexibility index (Phi) is 6.09. The molecule has 148 valence electrons. The molecule has 0 unspecified atom stereocenters. The van der Waals surface area contributed by atoms with E-state index in [2.05, 4.69) is 10.6 Å². The number of carbonyl (C=O) groups is 1. The third-order valence-corrected chi connectivity index (χ3v) is 4.42. The standard InChI is InChI=1S/C22H21N3O4/c1-15(22(26)24-20-13-12-19(25(27)28)14-21(20)29-2)23-18-10-8-17(9-11-18)16-6-4-3-5-7-16/h3-15,23H,1-2H3,(H,24,26)/t15-/m1/s1. The van der Waals surface area contributed by atoms with Crippen LogP contribution < -0.4 is 15.4 Å². The van der Waals surface area contributed by atoms with Crippen molar-refractivity contribution in [1.82, 2.24) is 0 Å². The maximum atomic E-state index is 12.5. The average Bonchev–Trinajstić information content (AvgIpc) is 2.75. The lowest BCUT2D eigenvalue weighted by atomic mass is 10.1. The number of ether oxygens (including phenoxy) is 1. The minimum Gasteiger partial charge on any atom is -0.494 e. The number of nitro benzene ring substituents is 1. The van der Waals surface area contributed by atoms with Crippen molar-refractivity contribution in [3.63, 3.8) is 0 Å². The highest BCUT2D eigenvalue weighted by Crippen LogP contribution is 2.29. The van der Waals surface area contributed by atoms with Crippen LogP contribution in [0.15, 0.2) is 72.8 Å². The summed E-state index contributed by atoms with van der Waals surface area (Å²) in [6.45, 7) is 1.73. The number of nitrogens with one attached hydrogen (secondary N) is 2. The molecule has 0 radical (unpaired) electrons. The number of methoxy groups -OCH3 is 1. The van der Waals surface area contributed by atoms with Crippen LogP contribution >= 0.6 is 0 Å². The van der Waals surface area contributed by atoms with Crippen molar-refractivity contribution in [2.45, 2.75) is 13.0 Å². The second kappa shape index (κ2) is 8.88. The number of non-ortho nitro benzene ring substituents is 1. The van der Waals surface area contributed by atoms with Gasteiger partial charge < -0.3 is 15.4 Å². The number of benzene rings is 3. The molecule has 0 fully saturated rings. The van der Waals surface area contributed by atoms with E-state index >= 15 is 0 Å². The van der Waals surface area contributed by atoms with Gasteiger partial charge in [-0.1, -0.05) is 42.5 Å². The highest BCUT2D eigenvalue weighted by Gasteiger charge is 2.17. The summed E-state index contributed by atoms with van der Waals surface area (Å²) in [4.78, 5) is 22.9. The van der Waals surface area contributed by atoms with Gasteiger partial charge in [-0.2, -0.15) is 0 Å². The predicted octanol–water partition coefficient (Wildman–Crippen LogP) is 4.71. The summed E-state index contributed by atoms with van der Waals surface area (Å²) < 4.78 is 5.15. The van der Waals surface area contributed by atoms with E-state index < -0.39 is 11.0 Å². The lowest BCUT2D eigenvalue weighted by Crippen LogP contribution is -2.32. The Labute approximate surface area is 168 Å². The molecule has 7 nitrogen and oxygen atoms in total. The first-order valence-corrected chi connectivity index (χ1v) is 9.03. The molecule has 0 aliphatic heterocycles. The molecule has 0 saturated carbocycles. The van der Waals surface area contributed by atoms with Crippen molar-refractivity contribution in [1.29, 1.82) is 0 Å². The normalized spacial score (nSPS) is 11.4. The van der Waals surface area contributed by atoms with Gasteiger partial charge in [0.05, 0.1) is 23.8 Å². The third-order valence-electron chi connectivity index (χ3n) is 4.42. The number of amides is 1. The Hall–Kier alpha value is -3.87. The quantitative estimate of drug-likeness (QED) is 0.449. The van der Waals surface area contributed by atoms with Crippen LogP contribution in [-0.4, -0.2) is 24.0 Å². The monoisotopic (exact) mass is 391 g/mol. The number of rotatable bonds is 7. The van der Waals surface area contributed by atoms with Crippen molar-refractivity contribution in [2.75, 3.05) is 17.7 Å². The van der Waals surface area contributed by atoms with Gasteiger partial charge in [0.1, 0.15) is 11.8 Å². The van der Waals surface area contributed by atoms with Crippen LogP contribution in [0.5, 0.6) is 5.75 Å². The van der Waals surface area contributed by atoms with Crippen LogP contribution in [-0.2, 0) is 4.79 Å². The molecular weight excluding hydrogens is 370 g/mol. The summed E-state index contributed by atoms with van der Waals surface area (Å²) in [6.07, 6.45) is 0. The molecule has 1 atom stereocenters. The molecule has 3 aromatic rings. The van der Waals surface area contributed by atoms with E-state index in [9.17, 15) is 14.9 Å². The molecule has 0 saturated heterocycles. The first-order valence-electron chi connectivity index (χ1n) is 9.03. The summed E-state index contributed by atoms with van der Waals surface area (Å²) in [5.74, 6) is -0.0590. The summed E-state index contributed by atoms with van der Waals surface area (Å²) in [7, 11) is 1.39. The minimum absolute atomic E-state index is 0.107. The smallest absolute Gasteiger partial charge is 0.273 e. The van der Waals surface area contributed by atoms with Crippen LogP contribution in [0.4, 0.5) is 17.1 Å². The lowest BCUT2D eigenvalue weighted by molar-refractivity contribution is -0.384. The molecule has 1 amide bonds. The number of nitro groups is 1. The van der Waals surface area contributed by atoms with Gasteiger partial charge in [-0.15, -0.1) is 0 Å². The largest absolute Gasteiger partial charge is 0.494 e. The Morgan fingerprint density at radius 2 is 1.66 bits per heavy atom. The lowest BCUT2D eigenvalue weighted by Gasteiger charge is -2.17. The van der Waals surface area contributed by atoms with E-state index in [0.717, 1.165) is 16.8 Å². The van der Waals surface area contributed by atoms with Gasteiger partial charge in [-0.25, -0.2) is 0 Å². The van der Waals surface area contributed by atoms with Crippen molar-refractivity contribution in [3.8, 4) is 16.9 Å². The molecule has 0 heterocycles. The number of anilines is 2. The fourth-order valence-corrected chi connectivity index (χ4v) is 2.84. The van der Waals surface area contributed by atoms with Crippen molar-refractivity contribution < 1.29 is 14.5 Å². The van der Waals surface area contributed by atoms with Gasteiger partial charge in [0, 0.05) is 11.8 Å². The molecule has 7 heteroatoms. The average molecular weight is 391 g/mol. The molecule has 0 aromatic heterocycles. The zero-order valence-electron chi connectivity index (χ0n) is 16.1. The van der Waals surface area contributed by atoms with Crippen LogP contribution in [0.3, 0.4) is 0 Å². The summed E-state index contributed by atoms with van der Waals surface area (Å²) >= 11 is 0. The fraction of sp³-hybridized carbons (Fsp3) is 0.136. The maximum absolute atomic E-state index is 12.5. The molecule has 3 rings (SSSR count). The Morgan fingerprint density at radius 1 is 1.00 bits per heavy atom. The molecule has 0 aliphatic rings. The van der Waals surface area contributed by atoms with Gasteiger partial charge in [0.15, 0.2) is 0 Å². The molecule has 3 aromatic carbocycles. The maximum Gasteiger partial charge on any atom is 0.273 e. The van der Waals surface area contributed by atoms with Gasteiger partial charge >= 0.3 is 0 Å². The topological polar surface area (TPSA) is 93.5 Å². The van der Waals surface area contributed by atoms with E-state index in [-0.39, 0.29) is 17.3 Å². The van der Waals surface area contributed by atoms with Crippen molar-refractivity contribution in [2.24, 2.45) is 0 Å². The Bertz CT molecular complexity index is 1000. The summed E-state index contributed by atoms with van der Waals surface area (Å²) in [6, 6.07) is 21.3. The molecule has 2 N–H and O–H groups in total. The van der Waals surface area contributed by atoms with Gasteiger partial charge in [-0.05, 0) is 36.2 Å². The van der Waals surface area contributed by atoms with Crippen molar-refractivity contribution >= 4 is 23.0 Å². The second-order valence-electron chi connectivity index (χ2n) is 6.44. The molecule has 0 bridgehead atoms. The first kappa shape index (κ1) is 19.9. The van der Waals surface area contributed by atoms with Crippen LogP contribution in [0.1, 0.15) is 6.92 Å². The zero-order chi connectivity index (χ0) is 20.8. The highest BCUT2D eigenvalue weighted by atomic mass is 16.6. The molecule has 0 spiro atoms. The zero-order valence-corrected chi connectivity index (χ0v) is 16.1. The van der Waals surface area contributed by atoms with Crippen LogP contribution in [0.25, 0.3) is 11.1 Å². The minimum atomic E-state index is -0.530. The van der Waals surface area contributed by atoms with E-state index in [1.165, 1.54) is 25.3 Å². The summed E-state index contributed by atoms with van der Waals surface area (Å²) in [5.41, 5.74) is 3.28. The summed E-state index contributed by atoms with van der Waals surface area (Å²) in [5, 5.41) is 16.8. The number of carbonyl (C=O) groups excluding carboxylic acids is 1. The predicted molar refractivity (Wildman–Crippen MR) is 113 cm³/mol. The van der Waals surface area contributed by atoms with E-state index in [1.807, 2.05) is 54.6 Å². The number of hydrogen-bond acceptors (Lipinski definition) is 5. The van der Waals surface area contributed by atoms with E-state index in [0.29, 0.717) is 5.69 Å². The SMILES string of the molecule is COc1cc([N+](=O)[O-])ccc1NC(=O)[C@@H](C)Nc1ccc(-c2ccccc2)cc1. The van der Waals surface area contributed by atoms with Gasteiger partial charge in [-0.3, -0.25) is 14.9 Å². The van der Waals surface area contributed by atoms with E-state index in [4.69, 9.17) is 4.74 Å². The number of nitrogens with zero attached hydrogens (tertiary/aromatic N) is 1. The molecule has 0 aliphatic carbocycles. The second-order valence-corrected chi connectivity index (χ2v) is 6.44. The van der Waals surface area contributed by atoms with Crippen LogP contribution in [0.2, 0.25) is 0 Å². The van der Waals surface area contributed by atoms with E-state index in [1.54, 1.807) is 6.92 Å². The Morgan fingerprint density at radius 3 is 2.28 bits per heavy atom. The molecular formula is C22H21N3O4. The number of hydrogen-bond donors (Lipinski definition) is 2. The molecule has 29 heavy (non-hydrogen) atoms. The third kappa shape index (κ3) is 4.90. The Balaban J connectivity index is 1.66. The van der Waals surface area contributed by atoms with Gasteiger partial charge in [0.2, 0.25) is 5.91 Å². The van der Waals surface area contributed by atoms with Crippen LogP contribution in [0, 0.1) is 10.1 Å². The first-order chi connectivity index (χ1) is 14.0. The fourth-order valence-electron chi connectivity index (χ4n) is 2.84.